The molecule has 1 aromatic carbocycles. The standard InChI is InChI=1S/C24H30N4O/c29-23(13-17-7-8-18-4-1-2-5-19(18)12-17)28-11-9-22-21(16-28)15-26-24(27-22)20-6-3-10-25-14-20/h7-8,12,15,20,25H,1-6,9-11,13-14,16H2. The number of hydrogen-bond acceptors (Lipinski definition) is 4. The van der Waals surface area contributed by atoms with Gasteiger partial charge in [0.1, 0.15) is 5.82 Å². The lowest BCUT2D eigenvalue weighted by Gasteiger charge is -2.29. The molecule has 1 saturated heterocycles. The van der Waals surface area contributed by atoms with Gasteiger partial charge in [-0.1, -0.05) is 18.2 Å². The number of nitrogens with one attached hydrogen (secondary N) is 1. The summed E-state index contributed by atoms with van der Waals surface area (Å²) in [6, 6.07) is 6.64. The molecule has 2 aliphatic heterocycles. The van der Waals surface area contributed by atoms with Gasteiger partial charge in [-0.3, -0.25) is 4.79 Å². The van der Waals surface area contributed by atoms with Gasteiger partial charge in [-0.2, -0.15) is 0 Å². The van der Waals surface area contributed by atoms with Crippen LogP contribution < -0.4 is 5.32 Å². The van der Waals surface area contributed by atoms with Gasteiger partial charge < -0.3 is 10.2 Å². The van der Waals surface area contributed by atoms with Crippen LogP contribution in [0, 0.1) is 0 Å². The first-order chi connectivity index (χ1) is 14.3. The number of benzene rings is 1. The van der Waals surface area contributed by atoms with Crippen LogP contribution in [0.3, 0.4) is 0 Å². The predicted molar refractivity (Wildman–Crippen MR) is 113 cm³/mol. The van der Waals surface area contributed by atoms with Crippen molar-refractivity contribution in [3.05, 3.63) is 58.2 Å². The van der Waals surface area contributed by atoms with Crippen molar-refractivity contribution in [2.24, 2.45) is 0 Å². The fourth-order valence-electron chi connectivity index (χ4n) is 5.00. The van der Waals surface area contributed by atoms with E-state index in [2.05, 4.69) is 28.5 Å². The van der Waals surface area contributed by atoms with E-state index in [1.807, 2.05) is 11.1 Å². The van der Waals surface area contributed by atoms with Crippen LogP contribution in [-0.2, 0) is 37.0 Å². The minimum Gasteiger partial charge on any atom is -0.338 e. The highest BCUT2D eigenvalue weighted by Crippen LogP contribution is 2.25. The third kappa shape index (κ3) is 4.06. The molecule has 1 amide bonds. The highest BCUT2D eigenvalue weighted by molar-refractivity contribution is 5.79. The quantitative estimate of drug-likeness (QED) is 0.875. The lowest BCUT2D eigenvalue weighted by molar-refractivity contribution is -0.131. The van der Waals surface area contributed by atoms with Gasteiger partial charge in [0.25, 0.3) is 0 Å². The van der Waals surface area contributed by atoms with Gasteiger partial charge in [0.15, 0.2) is 0 Å². The van der Waals surface area contributed by atoms with Crippen molar-refractivity contribution < 1.29 is 4.79 Å². The molecule has 1 unspecified atom stereocenters. The average molecular weight is 391 g/mol. The lowest BCUT2D eigenvalue weighted by atomic mass is 9.90. The van der Waals surface area contributed by atoms with Gasteiger partial charge in [0.05, 0.1) is 12.1 Å². The average Bonchev–Trinajstić information content (AvgIpc) is 2.79. The fourth-order valence-corrected chi connectivity index (χ4v) is 5.00. The van der Waals surface area contributed by atoms with Crippen LogP contribution in [-0.4, -0.2) is 40.4 Å². The fraction of sp³-hybridized carbons (Fsp3) is 0.542. The molecule has 0 saturated carbocycles. The molecular weight excluding hydrogens is 360 g/mol. The smallest absolute Gasteiger partial charge is 0.227 e. The molecule has 1 aromatic heterocycles. The van der Waals surface area contributed by atoms with Crippen LogP contribution in [0.2, 0.25) is 0 Å². The number of aromatic nitrogens is 2. The number of rotatable bonds is 3. The van der Waals surface area contributed by atoms with Crippen LogP contribution >= 0.6 is 0 Å². The van der Waals surface area contributed by atoms with Crippen molar-refractivity contribution in [1.29, 1.82) is 0 Å². The largest absolute Gasteiger partial charge is 0.338 e. The first-order valence-corrected chi connectivity index (χ1v) is 11.2. The van der Waals surface area contributed by atoms with Crippen LogP contribution in [0.15, 0.2) is 24.4 Å². The van der Waals surface area contributed by atoms with Crippen molar-refractivity contribution >= 4 is 5.91 Å². The van der Waals surface area contributed by atoms with Crippen molar-refractivity contribution in [3.8, 4) is 0 Å². The number of amides is 1. The van der Waals surface area contributed by atoms with Crippen molar-refractivity contribution in [2.45, 2.75) is 63.8 Å². The van der Waals surface area contributed by atoms with Crippen molar-refractivity contribution in [3.63, 3.8) is 0 Å². The molecule has 0 radical (unpaired) electrons. The van der Waals surface area contributed by atoms with E-state index in [4.69, 9.17) is 4.98 Å². The maximum absolute atomic E-state index is 12.9. The topological polar surface area (TPSA) is 58.1 Å². The van der Waals surface area contributed by atoms with E-state index in [-0.39, 0.29) is 5.91 Å². The summed E-state index contributed by atoms with van der Waals surface area (Å²) in [6.45, 7) is 3.48. The monoisotopic (exact) mass is 390 g/mol. The van der Waals surface area contributed by atoms with Gasteiger partial charge in [-0.05, 0) is 61.8 Å². The molecule has 152 valence electrons. The van der Waals surface area contributed by atoms with E-state index in [1.54, 1.807) is 0 Å². The van der Waals surface area contributed by atoms with E-state index in [1.165, 1.54) is 36.8 Å². The van der Waals surface area contributed by atoms with Crippen molar-refractivity contribution in [1.82, 2.24) is 20.2 Å². The first kappa shape index (κ1) is 18.7. The zero-order chi connectivity index (χ0) is 19.6. The summed E-state index contributed by atoms with van der Waals surface area (Å²) >= 11 is 0. The first-order valence-electron chi connectivity index (χ1n) is 11.2. The van der Waals surface area contributed by atoms with Crippen LogP contribution in [0.4, 0.5) is 0 Å². The number of fused-ring (bicyclic) bond motifs is 2. The summed E-state index contributed by atoms with van der Waals surface area (Å²) in [5.41, 5.74) is 6.32. The maximum Gasteiger partial charge on any atom is 0.227 e. The molecule has 1 N–H and O–H groups in total. The second kappa shape index (κ2) is 8.23. The third-order valence-electron chi connectivity index (χ3n) is 6.74. The zero-order valence-electron chi connectivity index (χ0n) is 17.1. The molecule has 5 heteroatoms. The molecule has 0 bridgehead atoms. The number of piperidine rings is 1. The van der Waals surface area contributed by atoms with Gasteiger partial charge in [-0.25, -0.2) is 9.97 Å². The Morgan fingerprint density at radius 3 is 2.86 bits per heavy atom. The van der Waals surface area contributed by atoms with Crippen LogP contribution in [0.5, 0.6) is 0 Å². The number of carbonyl (C=O) groups is 1. The minimum absolute atomic E-state index is 0.215. The Morgan fingerprint density at radius 1 is 1.10 bits per heavy atom. The van der Waals surface area contributed by atoms with Gasteiger partial charge in [0, 0.05) is 43.7 Å². The van der Waals surface area contributed by atoms with Crippen LogP contribution in [0.1, 0.15) is 65.4 Å². The van der Waals surface area contributed by atoms with E-state index in [0.717, 1.165) is 61.5 Å². The van der Waals surface area contributed by atoms with Gasteiger partial charge in [0.2, 0.25) is 5.91 Å². The van der Waals surface area contributed by atoms with Crippen molar-refractivity contribution in [2.75, 3.05) is 19.6 Å². The normalized spacial score (nSPS) is 21.4. The summed E-state index contributed by atoms with van der Waals surface area (Å²) in [5.74, 6) is 1.62. The number of aryl methyl sites for hydroxylation is 2. The number of nitrogens with zero attached hydrogens (tertiary/aromatic N) is 3. The van der Waals surface area contributed by atoms with E-state index < -0.39 is 0 Å². The second-order valence-electron chi connectivity index (χ2n) is 8.80. The van der Waals surface area contributed by atoms with Gasteiger partial charge in [-0.15, -0.1) is 0 Å². The highest BCUT2D eigenvalue weighted by atomic mass is 16.2. The Kier molecular flexibility index (Phi) is 5.32. The van der Waals surface area contributed by atoms with Gasteiger partial charge >= 0.3 is 0 Å². The van der Waals surface area contributed by atoms with E-state index >= 15 is 0 Å². The zero-order valence-corrected chi connectivity index (χ0v) is 17.1. The summed E-state index contributed by atoms with van der Waals surface area (Å²) in [7, 11) is 0. The molecular formula is C24H30N4O. The molecule has 5 rings (SSSR count). The SMILES string of the molecule is O=C(Cc1ccc2c(c1)CCCC2)N1CCc2nc(C3CCCNC3)ncc2C1. The highest BCUT2D eigenvalue weighted by Gasteiger charge is 2.25. The molecule has 0 spiro atoms. The maximum atomic E-state index is 12.9. The summed E-state index contributed by atoms with van der Waals surface area (Å²) < 4.78 is 0. The third-order valence-corrected chi connectivity index (χ3v) is 6.74. The van der Waals surface area contributed by atoms with E-state index in [9.17, 15) is 4.79 Å². The Balaban J connectivity index is 1.25. The molecule has 3 heterocycles. The molecule has 5 nitrogen and oxygen atoms in total. The van der Waals surface area contributed by atoms with Crippen LogP contribution in [0.25, 0.3) is 0 Å². The summed E-state index contributed by atoms with van der Waals surface area (Å²) in [5, 5.41) is 3.44. The predicted octanol–water partition coefficient (Wildman–Crippen LogP) is 2.95. The molecule has 1 aliphatic carbocycles. The molecule has 2 aromatic rings. The summed E-state index contributed by atoms with van der Waals surface area (Å²) in [6.07, 6.45) is 10.6. The second-order valence-corrected chi connectivity index (χ2v) is 8.80. The Hall–Kier alpha value is -2.27. The molecule has 1 fully saturated rings. The Labute approximate surface area is 172 Å². The number of carbonyl (C=O) groups excluding carboxylic acids is 1. The summed E-state index contributed by atoms with van der Waals surface area (Å²) in [4.78, 5) is 24.4. The lowest BCUT2D eigenvalue weighted by Crippen LogP contribution is -2.38. The molecule has 1 atom stereocenters. The minimum atomic E-state index is 0.215. The van der Waals surface area contributed by atoms with E-state index in [0.29, 0.717) is 18.9 Å². The number of hydrogen-bond donors (Lipinski definition) is 1. The Bertz CT molecular complexity index is 904. The Morgan fingerprint density at radius 2 is 2.00 bits per heavy atom. The molecule has 3 aliphatic rings. The molecule has 29 heavy (non-hydrogen) atoms.